The zero-order valence-corrected chi connectivity index (χ0v) is 9.75. The fourth-order valence-corrected chi connectivity index (χ4v) is 2.89. The lowest BCUT2D eigenvalue weighted by molar-refractivity contribution is -0.146. The summed E-state index contributed by atoms with van der Waals surface area (Å²) < 4.78 is 10.6. The summed E-state index contributed by atoms with van der Waals surface area (Å²) in [6.07, 6.45) is 2.08. The summed E-state index contributed by atoms with van der Waals surface area (Å²) >= 11 is 1.66. The molecule has 0 aromatic carbocycles. The Labute approximate surface area is 97.7 Å². The van der Waals surface area contributed by atoms with Crippen molar-refractivity contribution in [3.63, 3.8) is 0 Å². The third kappa shape index (κ3) is 1.63. The van der Waals surface area contributed by atoms with E-state index in [4.69, 9.17) is 9.47 Å². The van der Waals surface area contributed by atoms with Crippen LogP contribution in [-0.4, -0.2) is 24.8 Å². The quantitative estimate of drug-likeness (QED) is 0.701. The molecule has 0 radical (unpaired) electrons. The second-order valence-corrected chi connectivity index (χ2v) is 5.08. The summed E-state index contributed by atoms with van der Waals surface area (Å²) in [5.74, 6) is -0.0125. The van der Waals surface area contributed by atoms with E-state index in [0.29, 0.717) is 13.0 Å². The van der Waals surface area contributed by atoms with Gasteiger partial charge in [0.15, 0.2) is 0 Å². The smallest absolute Gasteiger partial charge is 0.222 e. The molecule has 2 aliphatic rings. The van der Waals surface area contributed by atoms with E-state index in [1.54, 1.807) is 11.3 Å². The summed E-state index contributed by atoms with van der Waals surface area (Å²) in [6, 6.07) is 2.06. The van der Waals surface area contributed by atoms with E-state index >= 15 is 0 Å². The minimum Gasteiger partial charge on any atom is -0.343 e. The third-order valence-electron chi connectivity index (χ3n) is 2.93. The van der Waals surface area contributed by atoms with Gasteiger partial charge in [0.05, 0.1) is 12.7 Å². The number of aryl methyl sites for hydroxylation is 1. The summed E-state index contributed by atoms with van der Waals surface area (Å²) in [7, 11) is 0. The Balaban J connectivity index is 1.93. The van der Waals surface area contributed by atoms with Crippen molar-refractivity contribution in [3.05, 3.63) is 27.5 Å². The van der Waals surface area contributed by atoms with Crippen molar-refractivity contribution in [3.8, 4) is 0 Å². The number of carbonyl (C=O) groups excluding carboxylic acids is 1. The number of ketones is 1. The molecule has 0 saturated carbocycles. The standard InChI is InChI=1S/C12H12O3S/c1-7-2-3-16-10(7)5-8-4-9-6-14-12(15-9)11(8)13/h2-3,5,9,12H,4,6H2,1H3/b8-5+/t9-,12+/m0/s1. The predicted octanol–water partition coefficient (Wildman–Crippen LogP) is 2.15. The molecule has 4 heteroatoms. The predicted molar refractivity (Wildman–Crippen MR) is 61.3 cm³/mol. The Morgan fingerprint density at radius 1 is 1.56 bits per heavy atom. The van der Waals surface area contributed by atoms with Gasteiger partial charge in [-0.25, -0.2) is 0 Å². The Hall–Kier alpha value is -0.970. The highest BCUT2D eigenvalue weighted by atomic mass is 32.1. The molecule has 16 heavy (non-hydrogen) atoms. The van der Waals surface area contributed by atoms with Crippen LogP contribution in [0.4, 0.5) is 0 Å². The number of Topliss-reactive ketones (excluding diaryl/α,β-unsaturated/α-hetero) is 1. The minimum atomic E-state index is -0.648. The Kier molecular flexibility index (Phi) is 2.42. The van der Waals surface area contributed by atoms with Gasteiger partial charge in [-0.3, -0.25) is 4.79 Å². The van der Waals surface area contributed by atoms with Crippen LogP contribution in [0.15, 0.2) is 17.0 Å². The molecule has 2 atom stereocenters. The third-order valence-corrected chi connectivity index (χ3v) is 3.90. The molecule has 3 heterocycles. The molecule has 2 saturated heterocycles. The summed E-state index contributed by atoms with van der Waals surface area (Å²) in [4.78, 5) is 13.1. The maximum atomic E-state index is 11.9. The molecule has 84 valence electrons. The fraction of sp³-hybridized carbons (Fsp3) is 0.417. The molecule has 2 aliphatic heterocycles. The largest absolute Gasteiger partial charge is 0.343 e. The number of fused-ring (bicyclic) bond motifs is 2. The van der Waals surface area contributed by atoms with E-state index in [9.17, 15) is 4.79 Å². The first-order valence-electron chi connectivity index (χ1n) is 5.30. The van der Waals surface area contributed by atoms with E-state index in [1.807, 2.05) is 11.5 Å². The van der Waals surface area contributed by atoms with Gasteiger partial charge in [-0.2, -0.15) is 0 Å². The van der Waals surface area contributed by atoms with Crippen molar-refractivity contribution in [1.82, 2.24) is 0 Å². The number of thiophene rings is 1. The normalized spacial score (nSPS) is 31.3. The topological polar surface area (TPSA) is 35.5 Å². The summed E-state index contributed by atoms with van der Waals surface area (Å²) in [6.45, 7) is 2.59. The lowest BCUT2D eigenvalue weighted by Crippen LogP contribution is -2.30. The highest BCUT2D eigenvalue weighted by Crippen LogP contribution is 2.30. The van der Waals surface area contributed by atoms with Crippen LogP contribution in [0.5, 0.6) is 0 Å². The molecule has 3 rings (SSSR count). The van der Waals surface area contributed by atoms with Crippen molar-refractivity contribution in [2.24, 2.45) is 0 Å². The van der Waals surface area contributed by atoms with E-state index in [-0.39, 0.29) is 11.9 Å². The van der Waals surface area contributed by atoms with Gasteiger partial charge in [-0.15, -0.1) is 11.3 Å². The van der Waals surface area contributed by atoms with Crippen LogP contribution in [0, 0.1) is 6.92 Å². The maximum Gasteiger partial charge on any atom is 0.222 e. The van der Waals surface area contributed by atoms with E-state index in [0.717, 1.165) is 10.5 Å². The van der Waals surface area contributed by atoms with Gasteiger partial charge in [0, 0.05) is 16.9 Å². The second-order valence-electron chi connectivity index (χ2n) is 4.13. The highest BCUT2D eigenvalue weighted by Gasteiger charge is 2.39. The molecule has 0 aliphatic carbocycles. The number of ether oxygens (including phenoxy) is 2. The minimum absolute atomic E-state index is 0.0125. The van der Waals surface area contributed by atoms with Crippen LogP contribution in [0.2, 0.25) is 0 Å². The molecule has 0 amide bonds. The maximum absolute atomic E-state index is 11.9. The Bertz CT molecular complexity index is 461. The number of rotatable bonds is 1. The molecule has 3 nitrogen and oxygen atoms in total. The van der Waals surface area contributed by atoms with E-state index in [2.05, 4.69) is 13.0 Å². The first kappa shape index (κ1) is 10.2. The molecular weight excluding hydrogens is 224 g/mol. The molecule has 0 N–H and O–H groups in total. The second kappa shape index (κ2) is 3.80. The Morgan fingerprint density at radius 2 is 2.44 bits per heavy atom. The fourth-order valence-electron chi connectivity index (χ4n) is 2.01. The zero-order valence-electron chi connectivity index (χ0n) is 8.93. The molecule has 2 bridgehead atoms. The van der Waals surface area contributed by atoms with Crippen LogP contribution in [0.3, 0.4) is 0 Å². The Morgan fingerprint density at radius 3 is 3.19 bits per heavy atom. The first-order chi connectivity index (χ1) is 7.74. The SMILES string of the molecule is Cc1ccsc1/C=C1\C[C@H]2CO[C@H](O2)C1=O. The zero-order chi connectivity index (χ0) is 11.1. The molecule has 0 unspecified atom stereocenters. The van der Waals surface area contributed by atoms with Crippen LogP contribution in [-0.2, 0) is 14.3 Å². The first-order valence-corrected chi connectivity index (χ1v) is 6.18. The van der Waals surface area contributed by atoms with E-state index < -0.39 is 6.29 Å². The van der Waals surface area contributed by atoms with Crippen molar-refractivity contribution in [1.29, 1.82) is 0 Å². The number of carbonyl (C=O) groups is 1. The average molecular weight is 236 g/mol. The van der Waals surface area contributed by atoms with Gasteiger partial charge in [0.25, 0.3) is 0 Å². The van der Waals surface area contributed by atoms with Gasteiger partial charge in [-0.1, -0.05) is 0 Å². The van der Waals surface area contributed by atoms with Gasteiger partial charge in [0.1, 0.15) is 0 Å². The van der Waals surface area contributed by atoms with Gasteiger partial charge < -0.3 is 9.47 Å². The van der Waals surface area contributed by atoms with Gasteiger partial charge in [-0.05, 0) is 30.0 Å². The molecule has 1 aromatic rings. The average Bonchev–Trinajstić information content (AvgIpc) is 2.84. The monoisotopic (exact) mass is 236 g/mol. The van der Waals surface area contributed by atoms with E-state index in [1.165, 1.54) is 5.56 Å². The van der Waals surface area contributed by atoms with Crippen LogP contribution >= 0.6 is 11.3 Å². The molecule has 0 spiro atoms. The van der Waals surface area contributed by atoms with Gasteiger partial charge in [0.2, 0.25) is 12.1 Å². The number of hydrogen-bond acceptors (Lipinski definition) is 4. The van der Waals surface area contributed by atoms with Crippen molar-refractivity contribution < 1.29 is 14.3 Å². The van der Waals surface area contributed by atoms with Crippen LogP contribution in [0.25, 0.3) is 6.08 Å². The lowest BCUT2D eigenvalue weighted by Gasteiger charge is -2.19. The van der Waals surface area contributed by atoms with Crippen LogP contribution in [0.1, 0.15) is 16.9 Å². The summed E-state index contributed by atoms with van der Waals surface area (Å²) in [5.41, 5.74) is 2.05. The van der Waals surface area contributed by atoms with Crippen LogP contribution < -0.4 is 0 Å². The molecular formula is C12H12O3S. The number of hydrogen-bond donors (Lipinski definition) is 0. The molecule has 2 fully saturated rings. The van der Waals surface area contributed by atoms with Crippen molar-refractivity contribution >= 4 is 23.2 Å². The van der Waals surface area contributed by atoms with Crippen molar-refractivity contribution in [2.45, 2.75) is 25.7 Å². The highest BCUT2D eigenvalue weighted by molar-refractivity contribution is 7.11. The van der Waals surface area contributed by atoms with Crippen molar-refractivity contribution in [2.75, 3.05) is 6.61 Å². The van der Waals surface area contributed by atoms with Gasteiger partial charge >= 0.3 is 0 Å². The lowest BCUT2D eigenvalue weighted by atomic mass is 10.0. The molecule has 1 aromatic heterocycles. The summed E-state index contributed by atoms with van der Waals surface area (Å²) in [5, 5.41) is 2.04.